The van der Waals surface area contributed by atoms with Gasteiger partial charge in [0.1, 0.15) is 12.0 Å². The van der Waals surface area contributed by atoms with Crippen LogP contribution in [0.3, 0.4) is 0 Å². The summed E-state index contributed by atoms with van der Waals surface area (Å²) in [6, 6.07) is 5.76. The number of amides is 1. The van der Waals surface area contributed by atoms with Gasteiger partial charge in [0.2, 0.25) is 0 Å². The van der Waals surface area contributed by atoms with Crippen molar-refractivity contribution in [1.82, 2.24) is 5.32 Å². The number of fused-ring (bicyclic) bond motifs is 3. The van der Waals surface area contributed by atoms with E-state index in [-0.39, 0.29) is 11.6 Å². The highest BCUT2D eigenvalue weighted by molar-refractivity contribution is 5.72. The van der Waals surface area contributed by atoms with Crippen LogP contribution < -0.4 is 15.0 Å². The van der Waals surface area contributed by atoms with Crippen LogP contribution in [0, 0.1) is 0 Å². The Balaban J connectivity index is 1.99. The second-order valence-electron chi connectivity index (χ2n) is 5.32. The first-order chi connectivity index (χ1) is 9.06. The molecule has 0 spiro atoms. The zero-order valence-electron chi connectivity index (χ0n) is 11.4. The minimum absolute atomic E-state index is 0.0217. The maximum absolute atomic E-state index is 11.3. The number of nitrogens with zero attached hydrogens (tertiary/aromatic N) is 1. The third-order valence-electron chi connectivity index (χ3n) is 4.17. The second-order valence-corrected chi connectivity index (χ2v) is 5.32. The summed E-state index contributed by atoms with van der Waals surface area (Å²) in [4.78, 5) is 13.4. The van der Waals surface area contributed by atoms with E-state index < -0.39 is 6.09 Å². The minimum atomic E-state index is -0.448. The van der Waals surface area contributed by atoms with Crippen LogP contribution >= 0.6 is 0 Å². The van der Waals surface area contributed by atoms with Crippen LogP contribution in [0.25, 0.3) is 0 Å². The summed E-state index contributed by atoms with van der Waals surface area (Å²) in [5.74, 6) is 0.570. The number of carbonyl (C=O) groups is 1. The lowest BCUT2D eigenvalue weighted by Crippen LogP contribution is -2.37. The van der Waals surface area contributed by atoms with Gasteiger partial charge in [-0.3, -0.25) is 0 Å². The molecule has 1 amide bonds. The van der Waals surface area contributed by atoms with Crippen LogP contribution in [-0.2, 0) is 10.2 Å². The number of hydrogen-bond donors (Lipinski definition) is 1. The predicted octanol–water partition coefficient (Wildman–Crippen LogP) is 1.86. The van der Waals surface area contributed by atoms with Gasteiger partial charge < -0.3 is 19.7 Å². The maximum Gasteiger partial charge on any atom is 0.412 e. The third kappa shape index (κ3) is 1.69. The standard InChI is InChI=1S/C14H18N2O3/c1-14-6-7-18-12(14)16(3)11-5-4-9(8-10(11)14)19-13(17)15-2/h4-5,8,12H,6-7H2,1-3H3,(H,15,17)/t12-,14+/m1/s1. The number of nitrogens with one attached hydrogen (secondary N) is 1. The molecule has 102 valence electrons. The van der Waals surface area contributed by atoms with Crippen molar-refractivity contribution >= 4 is 11.8 Å². The Kier molecular flexibility index (Phi) is 2.67. The van der Waals surface area contributed by atoms with Gasteiger partial charge in [-0.05, 0) is 30.2 Å². The van der Waals surface area contributed by atoms with Crippen LogP contribution in [0.4, 0.5) is 10.5 Å². The summed E-state index contributed by atoms with van der Waals surface area (Å²) in [6.07, 6.45) is 0.617. The van der Waals surface area contributed by atoms with Gasteiger partial charge in [-0.1, -0.05) is 6.92 Å². The van der Waals surface area contributed by atoms with E-state index in [1.807, 2.05) is 25.2 Å². The molecule has 1 aromatic rings. The Hall–Kier alpha value is -1.75. The van der Waals surface area contributed by atoms with Crippen molar-refractivity contribution < 1.29 is 14.3 Å². The van der Waals surface area contributed by atoms with Gasteiger partial charge in [0.25, 0.3) is 0 Å². The topological polar surface area (TPSA) is 50.8 Å². The molecule has 0 aromatic heterocycles. The number of hydrogen-bond acceptors (Lipinski definition) is 4. The molecule has 3 rings (SSSR count). The lowest BCUT2D eigenvalue weighted by Gasteiger charge is -2.26. The SMILES string of the molecule is CNC(=O)Oc1ccc2c(c1)[C@]1(C)CCO[C@H]1N2C. The first-order valence-electron chi connectivity index (χ1n) is 6.45. The van der Waals surface area contributed by atoms with E-state index in [0.717, 1.165) is 18.7 Å². The number of ether oxygens (including phenoxy) is 2. The molecular formula is C14H18N2O3. The minimum Gasteiger partial charge on any atom is -0.410 e. The second kappa shape index (κ2) is 4.13. The van der Waals surface area contributed by atoms with Crippen LogP contribution in [0.5, 0.6) is 5.75 Å². The van der Waals surface area contributed by atoms with Crippen molar-refractivity contribution in [3.8, 4) is 5.75 Å². The Morgan fingerprint density at radius 3 is 3.11 bits per heavy atom. The van der Waals surface area contributed by atoms with Gasteiger partial charge in [-0.15, -0.1) is 0 Å². The molecule has 0 radical (unpaired) electrons. The molecule has 5 heteroatoms. The Labute approximate surface area is 112 Å². The zero-order valence-corrected chi connectivity index (χ0v) is 11.4. The van der Waals surface area contributed by atoms with Crippen molar-refractivity contribution in [2.24, 2.45) is 0 Å². The van der Waals surface area contributed by atoms with Crippen molar-refractivity contribution in [2.75, 3.05) is 25.6 Å². The molecule has 0 saturated carbocycles. The molecule has 2 heterocycles. The van der Waals surface area contributed by atoms with E-state index in [9.17, 15) is 4.79 Å². The van der Waals surface area contributed by atoms with Crippen LogP contribution in [0.1, 0.15) is 18.9 Å². The Morgan fingerprint density at radius 2 is 2.37 bits per heavy atom. The first-order valence-corrected chi connectivity index (χ1v) is 6.45. The molecular weight excluding hydrogens is 244 g/mol. The summed E-state index contributed by atoms with van der Waals surface area (Å²) in [6.45, 7) is 2.97. The van der Waals surface area contributed by atoms with E-state index in [2.05, 4.69) is 17.1 Å². The van der Waals surface area contributed by atoms with Gasteiger partial charge >= 0.3 is 6.09 Å². The zero-order chi connectivity index (χ0) is 13.6. The van der Waals surface area contributed by atoms with Crippen molar-refractivity contribution in [3.63, 3.8) is 0 Å². The highest BCUT2D eigenvalue weighted by atomic mass is 16.6. The lowest BCUT2D eigenvalue weighted by molar-refractivity contribution is 0.0920. The quantitative estimate of drug-likeness (QED) is 0.839. The smallest absolute Gasteiger partial charge is 0.410 e. The van der Waals surface area contributed by atoms with Crippen molar-refractivity contribution in [1.29, 1.82) is 0 Å². The van der Waals surface area contributed by atoms with Crippen LogP contribution in [0.2, 0.25) is 0 Å². The first kappa shape index (κ1) is 12.3. The Morgan fingerprint density at radius 1 is 1.58 bits per heavy atom. The van der Waals surface area contributed by atoms with Gasteiger partial charge in [0.05, 0.1) is 6.61 Å². The summed E-state index contributed by atoms with van der Waals surface area (Å²) in [5.41, 5.74) is 2.32. The average Bonchev–Trinajstić information content (AvgIpc) is 2.88. The number of rotatable bonds is 1. The van der Waals surface area contributed by atoms with E-state index >= 15 is 0 Å². The van der Waals surface area contributed by atoms with Gasteiger partial charge in [0.15, 0.2) is 0 Å². The fourth-order valence-corrected chi connectivity index (χ4v) is 3.12. The number of anilines is 1. The van der Waals surface area contributed by atoms with Gasteiger partial charge in [-0.25, -0.2) is 4.79 Å². The highest BCUT2D eigenvalue weighted by Gasteiger charge is 2.50. The summed E-state index contributed by atoms with van der Waals surface area (Å²) in [7, 11) is 3.59. The molecule has 2 aliphatic heterocycles. The number of likely N-dealkylation sites (N-methyl/N-ethyl adjacent to an activating group) is 1. The largest absolute Gasteiger partial charge is 0.412 e. The predicted molar refractivity (Wildman–Crippen MR) is 71.6 cm³/mol. The fourth-order valence-electron chi connectivity index (χ4n) is 3.12. The monoisotopic (exact) mass is 262 g/mol. The Bertz CT molecular complexity index is 531. The fraction of sp³-hybridized carbons (Fsp3) is 0.500. The van der Waals surface area contributed by atoms with Gasteiger partial charge in [0, 0.05) is 25.2 Å². The molecule has 0 aliphatic carbocycles. The molecule has 0 bridgehead atoms. The lowest BCUT2D eigenvalue weighted by atomic mass is 9.82. The maximum atomic E-state index is 11.3. The van der Waals surface area contributed by atoms with Crippen LogP contribution in [-0.4, -0.2) is 33.0 Å². The highest BCUT2D eigenvalue weighted by Crippen LogP contribution is 2.51. The molecule has 2 aliphatic rings. The van der Waals surface area contributed by atoms with Gasteiger partial charge in [-0.2, -0.15) is 0 Å². The van der Waals surface area contributed by atoms with E-state index in [1.165, 1.54) is 5.56 Å². The molecule has 0 unspecified atom stereocenters. The van der Waals surface area contributed by atoms with E-state index in [4.69, 9.17) is 9.47 Å². The molecule has 19 heavy (non-hydrogen) atoms. The van der Waals surface area contributed by atoms with E-state index in [0.29, 0.717) is 5.75 Å². The molecule has 2 atom stereocenters. The molecule has 1 saturated heterocycles. The number of carbonyl (C=O) groups excluding carboxylic acids is 1. The molecule has 5 nitrogen and oxygen atoms in total. The van der Waals surface area contributed by atoms with Crippen molar-refractivity contribution in [2.45, 2.75) is 25.0 Å². The third-order valence-corrected chi connectivity index (χ3v) is 4.17. The summed E-state index contributed by atoms with van der Waals surface area (Å²) in [5, 5.41) is 2.45. The van der Waals surface area contributed by atoms with Crippen molar-refractivity contribution in [3.05, 3.63) is 23.8 Å². The number of benzene rings is 1. The van der Waals surface area contributed by atoms with E-state index in [1.54, 1.807) is 7.05 Å². The normalized spacial score (nSPS) is 27.9. The molecule has 1 N–H and O–H groups in total. The molecule has 1 aromatic carbocycles. The molecule has 1 fully saturated rings. The average molecular weight is 262 g/mol. The summed E-state index contributed by atoms with van der Waals surface area (Å²) >= 11 is 0. The summed E-state index contributed by atoms with van der Waals surface area (Å²) < 4.78 is 11.0. The van der Waals surface area contributed by atoms with Crippen LogP contribution in [0.15, 0.2) is 18.2 Å².